The van der Waals surface area contributed by atoms with Crippen LogP contribution in [0.2, 0.25) is 10.0 Å². The number of benzene rings is 1. The van der Waals surface area contributed by atoms with Gasteiger partial charge in [-0.1, -0.05) is 23.2 Å². The molecule has 0 spiro atoms. The highest BCUT2D eigenvalue weighted by Crippen LogP contribution is 2.27. The van der Waals surface area contributed by atoms with Crippen LogP contribution in [0.3, 0.4) is 0 Å². The largest absolute Gasteiger partial charge is 0.480 e. The first kappa shape index (κ1) is 21.8. The third-order valence-corrected chi connectivity index (χ3v) is 5.16. The van der Waals surface area contributed by atoms with E-state index in [1.165, 1.54) is 42.3 Å². The molecule has 11 heteroatoms. The van der Waals surface area contributed by atoms with Gasteiger partial charge in [0.2, 0.25) is 5.88 Å². The predicted octanol–water partition coefficient (Wildman–Crippen LogP) is 3.82. The van der Waals surface area contributed by atoms with Crippen LogP contribution in [0, 0.1) is 5.82 Å². The molecule has 0 bridgehead atoms. The summed E-state index contributed by atoms with van der Waals surface area (Å²) in [7, 11) is 1.37. The summed E-state index contributed by atoms with van der Waals surface area (Å²) in [6.07, 6.45) is 2.70. The number of ether oxygens (including phenoxy) is 1. The van der Waals surface area contributed by atoms with Crippen molar-refractivity contribution < 1.29 is 9.13 Å². The van der Waals surface area contributed by atoms with Gasteiger partial charge < -0.3 is 10.1 Å². The number of nitrogens with zero attached hydrogens (tertiary/aromatic N) is 4. The molecule has 0 saturated carbocycles. The second kappa shape index (κ2) is 8.60. The van der Waals surface area contributed by atoms with Gasteiger partial charge >= 0.3 is 5.69 Å². The molecule has 0 amide bonds. The summed E-state index contributed by atoms with van der Waals surface area (Å²) in [5.74, 6) is -0.248. The Labute approximate surface area is 190 Å². The summed E-state index contributed by atoms with van der Waals surface area (Å²) in [6, 6.07) is 6.78. The van der Waals surface area contributed by atoms with Crippen molar-refractivity contribution in [2.24, 2.45) is 0 Å². The van der Waals surface area contributed by atoms with E-state index >= 15 is 0 Å². The van der Waals surface area contributed by atoms with Crippen molar-refractivity contribution in [2.45, 2.75) is 6.92 Å². The SMILES string of the molecule is CCNc1cc2c(c(OC)n1)c(=O)n(-c1cncc(Cl)c1)c(=O)n2-c1ccc(F)c(Cl)c1. The van der Waals surface area contributed by atoms with Gasteiger partial charge in [-0.2, -0.15) is 4.98 Å². The van der Waals surface area contributed by atoms with Crippen LogP contribution in [0.1, 0.15) is 6.92 Å². The van der Waals surface area contributed by atoms with Crippen molar-refractivity contribution in [3.63, 3.8) is 0 Å². The predicted molar refractivity (Wildman–Crippen MR) is 121 cm³/mol. The van der Waals surface area contributed by atoms with Crippen LogP contribution in [0.15, 0.2) is 52.3 Å². The minimum atomic E-state index is -0.732. The second-order valence-electron chi connectivity index (χ2n) is 6.66. The summed E-state index contributed by atoms with van der Waals surface area (Å²) in [5.41, 5.74) is -0.812. The Hall–Kier alpha value is -3.43. The van der Waals surface area contributed by atoms with E-state index in [2.05, 4.69) is 15.3 Å². The van der Waals surface area contributed by atoms with Crippen molar-refractivity contribution in [3.8, 4) is 17.3 Å². The Bertz CT molecular complexity index is 1470. The van der Waals surface area contributed by atoms with Crippen LogP contribution in [0.5, 0.6) is 5.88 Å². The lowest BCUT2D eigenvalue weighted by Crippen LogP contribution is -2.38. The van der Waals surface area contributed by atoms with E-state index in [0.717, 1.165) is 10.6 Å². The lowest BCUT2D eigenvalue weighted by Gasteiger charge is -2.17. The summed E-state index contributed by atoms with van der Waals surface area (Å²) < 4.78 is 21.3. The fourth-order valence-corrected chi connectivity index (χ4v) is 3.67. The van der Waals surface area contributed by atoms with Crippen LogP contribution in [0.4, 0.5) is 10.2 Å². The third kappa shape index (κ3) is 3.69. The maximum atomic E-state index is 13.8. The monoisotopic (exact) mass is 475 g/mol. The Morgan fingerprint density at radius 1 is 1.09 bits per heavy atom. The van der Waals surface area contributed by atoms with E-state index in [1.54, 1.807) is 6.07 Å². The van der Waals surface area contributed by atoms with Crippen LogP contribution in [-0.2, 0) is 0 Å². The number of rotatable bonds is 5. The molecule has 3 aromatic heterocycles. The van der Waals surface area contributed by atoms with Crippen LogP contribution >= 0.6 is 23.2 Å². The van der Waals surface area contributed by atoms with Gasteiger partial charge in [0.25, 0.3) is 5.56 Å². The van der Waals surface area contributed by atoms with Gasteiger partial charge in [-0.25, -0.2) is 13.8 Å². The number of halogens is 3. The maximum Gasteiger partial charge on any atom is 0.340 e. The number of hydrogen-bond acceptors (Lipinski definition) is 6. The lowest BCUT2D eigenvalue weighted by atomic mass is 10.2. The fraction of sp³-hybridized carbons (Fsp3) is 0.143. The third-order valence-electron chi connectivity index (χ3n) is 4.67. The molecule has 1 N–H and O–H groups in total. The van der Waals surface area contributed by atoms with Gasteiger partial charge in [0, 0.05) is 18.8 Å². The van der Waals surface area contributed by atoms with Gasteiger partial charge in [-0.3, -0.25) is 14.3 Å². The number of aromatic nitrogens is 4. The van der Waals surface area contributed by atoms with Crippen molar-refractivity contribution in [1.82, 2.24) is 19.1 Å². The average Bonchev–Trinajstić information content (AvgIpc) is 2.76. The smallest absolute Gasteiger partial charge is 0.340 e. The van der Waals surface area contributed by atoms with Gasteiger partial charge in [-0.05, 0) is 31.2 Å². The highest BCUT2D eigenvalue weighted by atomic mass is 35.5. The van der Waals surface area contributed by atoms with Gasteiger partial charge in [0.15, 0.2) is 0 Å². The Balaban J connectivity index is 2.22. The molecule has 1 aromatic carbocycles. The quantitative estimate of drug-likeness (QED) is 0.471. The second-order valence-corrected chi connectivity index (χ2v) is 7.50. The molecule has 0 aliphatic heterocycles. The first-order chi connectivity index (χ1) is 15.3. The minimum Gasteiger partial charge on any atom is -0.480 e. The Morgan fingerprint density at radius 3 is 2.53 bits per heavy atom. The van der Waals surface area contributed by atoms with E-state index in [4.69, 9.17) is 27.9 Å². The molecule has 0 fully saturated rings. The first-order valence-corrected chi connectivity index (χ1v) is 10.2. The molecule has 0 saturated heterocycles. The van der Waals surface area contributed by atoms with Crippen LogP contribution in [-0.4, -0.2) is 32.8 Å². The maximum absolute atomic E-state index is 13.8. The summed E-state index contributed by atoms with van der Waals surface area (Å²) in [5, 5.41) is 3.13. The Kier molecular flexibility index (Phi) is 5.86. The molecule has 0 radical (unpaired) electrons. The zero-order chi connectivity index (χ0) is 23.0. The van der Waals surface area contributed by atoms with E-state index in [1.807, 2.05) is 6.92 Å². The van der Waals surface area contributed by atoms with Crippen LogP contribution in [0.25, 0.3) is 22.3 Å². The van der Waals surface area contributed by atoms with E-state index in [0.29, 0.717) is 12.4 Å². The minimum absolute atomic E-state index is 0.00847. The summed E-state index contributed by atoms with van der Waals surface area (Å²) in [4.78, 5) is 35.4. The molecule has 3 heterocycles. The highest BCUT2D eigenvalue weighted by molar-refractivity contribution is 6.31. The molecule has 4 aromatic rings. The van der Waals surface area contributed by atoms with Gasteiger partial charge in [-0.15, -0.1) is 0 Å². The zero-order valence-corrected chi connectivity index (χ0v) is 18.4. The van der Waals surface area contributed by atoms with Crippen LogP contribution < -0.4 is 21.3 Å². The van der Waals surface area contributed by atoms with E-state index in [-0.39, 0.29) is 38.2 Å². The number of pyridine rings is 2. The zero-order valence-electron chi connectivity index (χ0n) is 16.9. The molecule has 0 aliphatic carbocycles. The molecule has 0 atom stereocenters. The normalized spacial score (nSPS) is 11.0. The topological polar surface area (TPSA) is 91.0 Å². The van der Waals surface area contributed by atoms with E-state index < -0.39 is 17.1 Å². The average molecular weight is 476 g/mol. The number of anilines is 1. The molecule has 164 valence electrons. The number of methoxy groups -OCH3 is 1. The summed E-state index contributed by atoms with van der Waals surface area (Å²) >= 11 is 12.0. The number of nitrogens with one attached hydrogen (secondary N) is 1. The Morgan fingerprint density at radius 2 is 1.88 bits per heavy atom. The fourth-order valence-electron chi connectivity index (χ4n) is 3.33. The lowest BCUT2D eigenvalue weighted by molar-refractivity contribution is 0.403. The number of fused-ring (bicyclic) bond motifs is 1. The molecule has 0 aliphatic rings. The standard InChI is InChI=1S/C21H16Cl2FN5O3/c1-3-26-17-8-16-18(19(27-17)32-2)20(30)29(13-6-11(22)9-25-10-13)21(31)28(16)12-4-5-15(24)14(23)7-12/h4-10H,3H2,1-2H3,(H,26,27). The molecule has 0 unspecified atom stereocenters. The molecular weight excluding hydrogens is 460 g/mol. The molecule has 4 rings (SSSR count). The van der Waals surface area contributed by atoms with Crippen molar-refractivity contribution in [3.05, 3.63) is 79.4 Å². The molecule has 32 heavy (non-hydrogen) atoms. The van der Waals surface area contributed by atoms with E-state index in [9.17, 15) is 14.0 Å². The van der Waals surface area contributed by atoms with Crippen molar-refractivity contribution in [2.75, 3.05) is 19.0 Å². The molecule has 8 nitrogen and oxygen atoms in total. The number of hydrogen-bond donors (Lipinski definition) is 1. The van der Waals surface area contributed by atoms with Gasteiger partial charge in [0.1, 0.15) is 17.0 Å². The van der Waals surface area contributed by atoms with Gasteiger partial charge in [0.05, 0.1) is 40.2 Å². The highest BCUT2D eigenvalue weighted by Gasteiger charge is 2.22. The first-order valence-electron chi connectivity index (χ1n) is 9.42. The van der Waals surface area contributed by atoms with Crippen molar-refractivity contribution >= 4 is 39.9 Å². The molecular formula is C21H16Cl2FN5O3. The summed E-state index contributed by atoms with van der Waals surface area (Å²) in [6.45, 7) is 2.41. The van der Waals surface area contributed by atoms with Crippen molar-refractivity contribution in [1.29, 1.82) is 0 Å².